The number of benzene rings is 2. The highest BCUT2D eigenvalue weighted by atomic mass is 79.9. The van der Waals surface area contributed by atoms with Crippen LogP contribution in [-0.4, -0.2) is 26.8 Å². The lowest BCUT2D eigenvalue weighted by Crippen LogP contribution is -2.29. The Balaban J connectivity index is 0.000000552. The van der Waals surface area contributed by atoms with Crippen LogP contribution in [0.5, 0.6) is 0 Å². The molecule has 0 unspecified atom stereocenters. The monoisotopic (exact) mass is 440 g/mol. The van der Waals surface area contributed by atoms with E-state index in [1.165, 1.54) is 0 Å². The molecule has 0 aliphatic carbocycles. The fraction of sp³-hybridized carbons (Fsp3) is 0.125. The molecule has 136 valence electrons. The van der Waals surface area contributed by atoms with E-state index in [1.54, 1.807) is 6.07 Å². The topological polar surface area (TPSA) is 126 Å². The van der Waals surface area contributed by atoms with Crippen molar-refractivity contribution in [2.75, 3.05) is 11.9 Å². The third-order valence-corrected chi connectivity index (χ3v) is 3.91. The Labute approximate surface area is 157 Å². The Morgan fingerprint density at radius 1 is 1.08 bits per heavy atom. The predicted molar refractivity (Wildman–Crippen MR) is 103 cm³/mol. The summed E-state index contributed by atoms with van der Waals surface area (Å²) in [5, 5.41) is 0. The lowest BCUT2D eigenvalue weighted by atomic mass is 10.2. The van der Waals surface area contributed by atoms with E-state index in [2.05, 4.69) is 25.9 Å². The molecule has 0 saturated carbocycles. The van der Waals surface area contributed by atoms with Crippen molar-refractivity contribution in [3.8, 4) is 0 Å². The number of aromatic nitrogens is 2. The number of hydrogen-bond donors (Lipinski definition) is 4. The summed E-state index contributed by atoms with van der Waals surface area (Å²) in [5.74, 6) is 0. The van der Waals surface area contributed by atoms with Crippen molar-refractivity contribution in [2.24, 2.45) is 0 Å². The minimum Gasteiger partial charge on any atom is -0.368 e. The number of aromatic amines is 2. The van der Waals surface area contributed by atoms with Gasteiger partial charge in [-0.05, 0) is 17.7 Å². The van der Waals surface area contributed by atoms with Gasteiger partial charge in [0.25, 0.3) is 0 Å². The van der Waals surface area contributed by atoms with Gasteiger partial charge in [-0.25, -0.2) is 0 Å². The third kappa shape index (κ3) is 5.34. The normalized spacial score (nSPS) is 10.2. The summed E-state index contributed by atoms with van der Waals surface area (Å²) in [6.07, 6.45) is 0. The summed E-state index contributed by atoms with van der Waals surface area (Å²) in [4.78, 5) is 44.6. The molecule has 3 rings (SSSR count). The van der Waals surface area contributed by atoms with Crippen molar-refractivity contribution in [3.05, 3.63) is 73.2 Å². The van der Waals surface area contributed by atoms with E-state index in [1.807, 2.05) is 48.3 Å². The molecular weight excluding hydrogens is 425 g/mol. The second kappa shape index (κ2) is 8.86. The second-order valence-electron chi connectivity index (χ2n) is 5.35. The van der Waals surface area contributed by atoms with Gasteiger partial charge in [0.15, 0.2) is 0 Å². The van der Waals surface area contributed by atoms with Gasteiger partial charge >= 0.3 is 19.4 Å². The molecule has 26 heavy (non-hydrogen) atoms. The Morgan fingerprint density at radius 3 is 2.27 bits per heavy atom. The van der Waals surface area contributed by atoms with Crippen molar-refractivity contribution >= 4 is 40.9 Å². The summed E-state index contributed by atoms with van der Waals surface area (Å²) in [5.41, 5.74) is 1.90. The van der Waals surface area contributed by atoms with E-state index in [0.29, 0.717) is 17.6 Å². The van der Waals surface area contributed by atoms with Crippen molar-refractivity contribution in [1.29, 1.82) is 0 Å². The first-order chi connectivity index (χ1) is 12.3. The number of fused-ring (bicyclic) bond motifs is 1. The first kappa shape index (κ1) is 20.0. The molecule has 10 heteroatoms. The van der Waals surface area contributed by atoms with Crippen LogP contribution in [0.1, 0.15) is 5.56 Å². The SMILES string of the molecule is CN(Cc1ccccc1)c1cc(Br)cc2[nH]c(=O)c(=O)[nH]c12.O=[P+](O)O. The summed E-state index contributed by atoms with van der Waals surface area (Å²) < 4.78 is 9.53. The van der Waals surface area contributed by atoms with Crippen LogP contribution in [-0.2, 0) is 11.1 Å². The molecule has 1 heterocycles. The minimum atomic E-state index is -2.87. The van der Waals surface area contributed by atoms with Gasteiger partial charge in [-0.1, -0.05) is 46.3 Å². The number of halogens is 1. The number of rotatable bonds is 3. The fourth-order valence-electron chi connectivity index (χ4n) is 2.42. The molecule has 0 amide bonds. The highest BCUT2D eigenvalue weighted by molar-refractivity contribution is 9.10. The lowest BCUT2D eigenvalue weighted by molar-refractivity contribution is 0.405. The van der Waals surface area contributed by atoms with Gasteiger partial charge in [0.05, 0.1) is 16.7 Å². The van der Waals surface area contributed by atoms with Gasteiger partial charge in [0.2, 0.25) is 0 Å². The Morgan fingerprint density at radius 2 is 1.65 bits per heavy atom. The maximum absolute atomic E-state index is 11.6. The summed E-state index contributed by atoms with van der Waals surface area (Å²) in [7, 11) is -0.928. The second-order valence-corrected chi connectivity index (χ2v) is 6.77. The molecule has 3 aromatic rings. The highest BCUT2D eigenvalue weighted by Gasteiger charge is 2.11. The molecule has 0 spiro atoms. The van der Waals surface area contributed by atoms with E-state index < -0.39 is 19.4 Å². The highest BCUT2D eigenvalue weighted by Crippen LogP contribution is 2.27. The molecular formula is C16H16BrN3O5P+. The van der Waals surface area contributed by atoms with Crippen molar-refractivity contribution in [2.45, 2.75) is 6.54 Å². The quantitative estimate of drug-likeness (QED) is 0.365. The van der Waals surface area contributed by atoms with Gasteiger partial charge in [-0.3, -0.25) is 9.59 Å². The average molecular weight is 441 g/mol. The standard InChI is InChI=1S/C16H14BrN3O2.HO3P/c1-20(9-10-5-3-2-4-6-10)13-8-11(17)7-12-14(13)19-16(22)15(21)18-12;1-4(2)3/h2-8H,9H2,1H3,(H,18,21)(H,19,22);(H-,1,2,3)/p+1. The largest absolute Gasteiger partial charge is 0.692 e. The van der Waals surface area contributed by atoms with E-state index in [-0.39, 0.29) is 0 Å². The summed E-state index contributed by atoms with van der Waals surface area (Å²) in [6.45, 7) is 0.688. The molecule has 2 aromatic carbocycles. The van der Waals surface area contributed by atoms with Crippen molar-refractivity contribution in [1.82, 2.24) is 9.97 Å². The molecule has 0 saturated heterocycles. The Hall–Kier alpha value is -2.32. The van der Waals surface area contributed by atoms with Gasteiger partial charge < -0.3 is 14.9 Å². The molecule has 4 N–H and O–H groups in total. The van der Waals surface area contributed by atoms with Gasteiger partial charge in [0.1, 0.15) is 0 Å². The van der Waals surface area contributed by atoms with Crippen LogP contribution in [0.25, 0.3) is 11.0 Å². The zero-order valence-electron chi connectivity index (χ0n) is 13.6. The van der Waals surface area contributed by atoms with Gasteiger partial charge in [0, 0.05) is 22.6 Å². The van der Waals surface area contributed by atoms with E-state index in [9.17, 15) is 9.59 Å². The van der Waals surface area contributed by atoms with Crippen LogP contribution in [0.2, 0.25) is 0 Å². The van der Waals surface area contributed by atoms with Crippen LogP contribution in [0.4, 0.5) is 5.69 Å². The van der Waals surface area contributed by atoms with Crippen molar-refractivity contribution in [3.63, 3.8) is 0 Å². The number of nitrogens with one attached hydrogen (secondary N) is 2. The fourth-order valence-corrected chi connectivity index (χ4v) is 2.86. The van der Waals surface area contributed by atoms with Crippen molar-refractivity contribution < 1.29 is 14.4 Å². The van der Waals surface area contributed by atoms with E-state index in [0.717, 1.165) is 15.7 Å². The Kier molecular flexibility index (Phi) is 6.82. The zero-order chi connectivity index (χ0) is 19.3. The van der Waals surface area contributed by atoms with Crippen LogP contribution in [0.3, 0.4) is 0 Å². The van der Waals surface area contributed by atoms with E-state index in [4.69, 9.17) is 14.4 Å². The number of nitrogens with zero attached hydrogens (tertiary/aromatic N) is 1. The maximum atomic E-state index is 11.6. The number of H-pyrrole nitrogens is 2. The van der Waals surface area contributed by atoms with Gasteiger partial charge in [-0.15, -0.1) is 9.79 Å². The lowest BCUT2D eigenvalue weighted by Gasteiger charge is -2.21. The third-order valence-electron chi connectivity index (χ3n) is 3.45. The first-order valence-electron chi connectivity index (χ1n) is 7.34. The summed E-state index contributed by atoms with van der Waals surface area (Å²) >= 11 is 3.44. The maximum Gasteiger partial charge on any atom is 0.692 e. The first-order valence-corrected chi connectivity index (χ1v) is 9.29. The zero-order valence-corrected chi connectivity index (χ0v) is 16.1. The molecule has 0 atom stereocenters. The molecule has 0 bridgehead atoms. The average Bonchev–Trinajstić information content (AvgIpc) is 2.56. The molecule has 1 aromatic heterocycles. The smallest absolute Gasteiger partial charge is 0.368 e. The molecule has 8 nitrogen and oxygen atoms in total. The van der Waals surface area contributed by atoms with Crippen LogP contribution >= 0.6 is 24.2 Å². The number of hydrogen-bond acceptors (Lipinski definition) is 4. The predicted octanol–water partition coefficient (Wildman–Crippen LogP) is 2.24. The molecule has 0 radical (unpaired) electrons. The van der Waals surface area contributed by atoms with Crippen LogP contribution in [0, 0.1) is 0 Å². The molecule has 0 fully saturated rings. The number of anilines is 1. The molecule has 0 aliphatic heterocycles. The Bertz CT molecular complexity index is 1030. The van der Waals surface area contributed by atoms with Crippen LogP contribution < -0.4 is 16.0 Å². The van der Waals surface area contributed by atoms with Gasteiger partial charge in [-0.2, -0.15) is 0 Å². The van der Waals surface area contributed by atoms with E-state index >= 15 is 0 Å². The minimum absolute atomic E-state index is 0.592. The van der Waals surface area contributed by atoms with Crippen LogP contribution in [0.15, 0.2) is 56.5 Å². The summed E-state index contributed by atoms with van der Waals surface area (Å²) in [6, 6.07) is 13.7. The molecule has 0 aliphatic rings.